The molecule has 0 saturated heterocycles. The lowest BCUT2D eigenvalue weighted by molar-refractivity contribution is -0.133. The Bertz CT molecular complexity index is 996. The molecule has 2 rings (SSSR count). The third-order valence-electron chi connectivity index (χ3n) is 4.77. The lowest BCUT2D eigenvalue weighted by atomic mass is 9.91. The molecule has 0 N–H and O–H groups in total. The first kappa shape index (κ1) is 25.4. The number of amides is 1. The van der Waals surface area contributed by atoms with Gasteiger partial charge in [0.25, 0.3) is 0 Å². The van der Waals surface area contributed by atoms with Crippen molar-refractivity contribution >= 4 is 27.3 Å². The van der Waals surface area contributed by atoms with E-state index in [0.29, 0.717) is 42.4 Å². The first-order valence-corrected chi connectivity index (χ1v) is 12.3. The van der Waals surface area contributed by atoms with Crippen LogP contribution in [-0.2, 0) is 38.2 Å². The second-order valence-electron chi connectivity index (χ2n) is 8.67. The van der Waals surface area contributed by atoms with Crippen molar-refractivity contribution in [3.05, 3.63) is 46.7 Å². The monoisotopic (exact) mass is 469 g/mol. The third kappa shape index (κ3) is 7.05. The molecule has 1 aromatic carbocycles. The fourth-order valence-electron chi connectivity index (χ4n) is 3.21. The fourth-order valence-corrected chi connectivity index (χ4v) is 5.04. The van der Waals surface area contributed by atoms with Gasteiger partial charge in [-0.3, -0.25) is 4.79 Å². The highest BCUT2D eigenvalue weighted by molar-refractivity contribution is 7.90. The molecule has 0 radical (unpaired) electrons. The summed E-state index contributed by atoms with van der Waals surface area (Å²) in [5.74, 6) is -0.230. The molecule has 0 atom stereocenters. The number of carbonyl (C=O) groups is 1. The van der Waals surface area contributed by atoms with Crippen molar-refractivity contribution in [2.75, 3.05) is 20.3 Å². The molecule has 1 amide bonds. The Morgan fingerprint density at radius 3 is 2.52 bits per heavy atom. The molecule has 7 nitrogen and oxygen atoms in total. The molecule has 0 aliphatic carbocycles. The summed E-state index contributed by atoms with van der Waals surface area (Å²) in [6.45, 7) is 9.39. The number of halogens is 1. The molecule has 0 aliphatic heterocycles. The van der Waals surface area contributed by atoms with E-state index in [1.165, 1.54) is 6.20 Å². The summed E-state index contributed by atoms with van der Waals surface area (Å²) in [5, 5.41) is 0.352. The first-order chi connectivity index (χ1) is 14.5. The lowest BCUT2D eigenvalue weighted by Crippen LogP contribution is -2.34. The van der Waals surface area contributed by atoms with E-state index in [0.717, 1.165) is 0 Å². The second kappa shape index (κ2) is 10.6. The Morgan fingerprint density at radius 1 is 1.26 bits per heavy atom. The van der Waals surface area contributed by atoms with E-state index < -0.39 is 9.84 Å². The lowest BCUT2D eigenvalue weighted by Gasteiger charge is -2.26. The van der Waals surface area contributed by atoms with Gasteiger partial charge in [-0.05, 0) is 24.0 Å². The highest BCUT2D eigenvalue weighted by Gasteiger charge is 2.27. The fraction of sp³-hybridized carbons (Fsp3) is 0.545. The molecule has 9 heteroatoms. The average Bonchev–Trinajstić information content (AvgIpc) is 3.08. The molecule has 0 fully saturated rings. The number of benzene rings is 1. The van der Waals surface area contributed by atoms with Crippen LogP contribution in [0.2, 0.25) is 5.02 Å². The molecular weight excluding hydrogens is 438 g/mol. The maximum atomic E-state index is 13.2. The van der Waals surface area contributed by atoms with Crippen LogP contribution in [0.1, 0.15) is 45.4 Å². The van der Waals surface area contributed by atoms with Gasteiger partial charge in [0.15, 0.2) is 0 Å². The van der Waals surface area contributed by atoms with Crippen molar-refractivity contribution in [3.8, 4) is 0 Å². The minimum absolute atomic E-state index is 0.0231. The van der Waals surface area contributed by atoms with Crippen LogP contribution in [0.15, 0.2) is 35.6 Å². The maximum absolute atomic E-state index is 13.2. The zero-order chi connectivity index (χ0) is 23.2. The molecule has 0 aliphatic rings. The number of imidazole rings is 1. The van der Waals surface area contributed by atoms with Gasteiger partial charge in [-0.15, -0.1) is 0 Å². The average molecular weight is 470 g/mol. The number of sulfone groups is 1. The van der Waals surface area contributed by atoms with Gasteiger partial charge >= 0.3 is 0 Å². The number of rotatable bonds is 10. The standard InChI is InChI=1S/C22H32ClN3O4S/c1-6-25(20(27)13-22(2,3)4)15-18-14-24-21(26(18)11-12-30-5)31(28,29)16-17-9-7-8-10-19(17)23/h7-10,14H,6,11-13,15-16H2,1-5H3. The molecule has 0 spiro atoms. The molecule has 2 aromatic rings. The van der Waals surface area contributed by atoms with Crippen LogP contribution < -0.4 is 0 Å². The molecule has 1 heterocycles. The van der Waals surface area contributed by atoms with Gasteiger partial charge in [-0.2, -0.15) is 0 Å². The van der Waals surface area contributed by atoms with Crippen molar-refractivity contribution in [3.63, 3.8) is 0 Å². The summed E-state index contributed by atoms with van der Waals surface area (Å²) in [6.07, 6.45) is 1.94. The van der Waals surface area contributed by atoms with E-state index >= 15 is 0 Å². The SMILES string of the molecule is CCN(Cc1cnc(S(=O)(=O)Cc2ccccc2Cl)n1CCOC)C(=O)CC(C)(C)C. The second-order valence-corrected chi connectivity index (χ2v) is 11.0. The van der Waals surface area contributed by atoms with Crippen LogP contribution in [0, 0.1) is 5.41 Å². The van der Waals surface area contributed by atoms with Gasteiger partial charge in [0.2, 0.25) is 20.9 Å². The van der Waals surface area contributed by atoms with Crippen molar-refractivity contribution in [2.45, 2.75) is 58.1 Å². The molecule has 172 valence electrons. The zero-order valence-corrected chi connectivity index (χ0v) is 20.5. The Balaban J connectivity index is 2.36. The number of ether oxygens (including phenoxy) is 1. The highest BCUT2D eigenvalue weighted by Crippen LogP contribution is 2.24. The molecule has 0 unspecified atom stereocenters. The minimum atomic E-state index is -3.76. The van der Waals surface area contributed by atoms with Crippen LogP contribution in [-0.4, -0.2) is 49.0 Å². The van der Waals surface area contributed by atoms with Gasteiger partial charge < -0.3 is 14.2 Å². The highest BCUT2D eigenvalue weighted by atomic mass is 35.5. The van der Waals surface area contributed by atoms with Crippen LogP contribution in [0.25, 0.3) is 0 Å². The number of carbonyl (C=O) groups excluding carboxylic acids is 1. The predicted molar refractivity (Wildman–Crippen MR) is 122 cm³/mol. The van der Waals surface area contributed by atoms with Gasteiger partial charge in [-0.25, -0.2) is 13.4 Å². The molecule has 0 bridgehead atoms. The summed E-state index contributed by atoms with van der Waals surface area (Å²) in [4.78, 5) is 18.7. The van der Waals surface area contributed by atoms with E-state index in [1.807, 2.05) is 27.7 Å². The summed E-state index contributed by atoms with van der Waals surface area (Å²) in [6, 6.07) is 6.85. The van der Waals surface area contributed by atoms with Gasteiger partial charge in [0, 0.05) is 31.6 Å². The van der Waals surface area contributed by atoms with Gasteiger partial charge in [-0.1, -0.05) is 50.6 Å². The number of nitrogens with zero attached hydrogens (tertiary/aromatic N) is 3. The maximum Gasteiger partial charge on any atom is 0.228 e. The molecule has 0 saturated carbocycles. The summed E-state index contributed by atoms with van der Waals surface area (Å²) >= 11 is 6.17. The summed E-state index contributed by atoms with van der Waals surface area (Å²) in [7, 11) is -2.20. The summed E-state index contributed by atoms with van der Waals surface area (Å²) in [5.41, 5.74) is 1.03. The number of hydrogen-bond acceptors (Lipinski definition) is 5. The predicted octanol–water partition coefficient (Wildman–Crippen LogP) is 3.94. The topological polar surface area (TPSA) is 81.5 Å². The Morgan fingerprint density at radius 2 is 1.94 bits per heavy atom. The Kier molecular flexibility index (Phi) is 8.68. The summed E-state index contributed by atoms with van der Waals surface area (Å²) < 4.78 is 33.1. The Hall–Kier alpha value is -1.90. The van der Waals surface area contributed by atoms with Crippen molar-refractivity contribution in [1.82, 2.24) is 14.5 Å². The van der Waals surface area contributed by atoms with Crippen LogP contribution in [0.5, 0.6) is 0 Å². The van der Waals surface area contributed by atoms with E-state index in [-0.39, 0.29) is 28.8 Å². The molecule has 1 aromatic heterocycles. The van der Waals surface area contributed by atoms with E-state index in [9.17, 15) is 13.2 Å². The van der Waals surface area contributed by atoms with Crippen molar-refractivity contribution in [2.24, 2.45) is 5.41 Å². The van der Waals surface area contributed by atoms with Crippen LogP contribution in [0.4, 0.5) is 0 Å². The third-order valence-corrected chi connectivity index (χ3v) is 6.71. The van der Waals surface area contributed by atoms with E-state index in [2.05, 4.69) is 4.98 Å². The van der Waals surface area contributed by atoms with Gasteiger partial charge in [0.05, 0.1) is 30.8 Å². The largest absolute Gasteiger partial charge is 0.383 e. The van der Waals surface area contributed by atoms with E-state index in [1.54, 1.807) is 40.8 Å². The smallest absolute Gasteiger partial charge is 0.228 e. The van der Waals surface area contributed by atoms with Gasteiger partial charge in [0.1, 0.15) is 0 Å². The van der Waals surface area contributed by atoms with Crippen LogP contribution >= 0.6 is 11.6 Å². The number of aromatic nitrogens is 2. The first-order valence-electron chi connectivity index (χ1n) is 10.3. The van der Waals surface area contributed by atoms with Crippen molar-refractivity contribution < 1.29 is 17.9 Å². The number of methoxy groups -OCH3 is 1. The van der Waals surface area contributed by atoms with E-state index in [4.69, 9.17) is 16.3 Å². The van der Waals surface area contributed by atoms with Crippen LogP contribution in [0.3, 0.4) is 0 Å². The normalized spacial score (nSPS) is 12.2. The minimum Gasteiger partial charge on any atom is -0.383 e. The quantitative estimate of drug-likeness (QED) is 0.526. The molecule has 31 heavy (non-hydrogen) atoms. The Labute approximate surface area is 190 Å². The molecular formula is C22H32ClN3O4S. The van der Waals surface area contributed by atoms with Crippen molar-refractivity contribution in [1.29, 1.82) is 0 Å². The number of hydrogen-bond donors (Lipinski definition) is 0. The zero-order valence-electron chi connectivity index (χ0n) is 18.9.